The van der Waals surface area contributed by atoms with Crippen molar-refractivity contribution in [2.75, 3.05) is 0 Å². The molecular weight excluding hydrogens is 613 g/mol. The number of fused-ring (bicyclic) bond motifs is 12. The third-order valence-electron chi connectivity index (χ3n) is 12.0. The first-order valence-electron chi connectivity index (χ1n) is 17.9. The van der Waals surface area contributed by atoms with Gasteiger partial charge in [0.15, 0.2) is 0 Å². The molecule has 2 aliphatic rings. The molecule has 12 rings (SSSR count). The van der Waals surface area contributed by atoms with Crippen molar-refractivity contribution >= 4 is 43.1 Å². The first-order valence-corrected chi connectivity index (χ1v) is 17.9. The topological polar surface area (TPSA) is 0 Å². The molecule has 0 saturated heterocycles. The summed E-state index contributed by atoms with van der Waals surface area (Å²) >= 11 is 0. The van der Waals surface area contributed by atoms with Crippen molar-refractivity contribution in [3.63, 3.8) is 0 Å². The van der Waals surface area contributed by atoms with E-state index in [2.05, 4.69) is 182 Å². The van der Waals surface area contributed by atoms with E-state index in [0.29, 0.717) is 0 Å². The maximum atomic E-state index is 2.53. The molecule has 234 valence electrons. The predicted molar refractivity (Wildman–Crippen MR) is 215 cm³/mol. The summed E-state index contributed by atoms with van der Waals surface area (Å²) in [5, 5.41) is 10.5. The molecule has 10 aromatic carbocycles. The molecule has 0 fully saturated rings. The summed E-state index contributed by atoms with van der Waals surface area (Å²) in [7, 11) is 0. The fourth-order valence-corrected chi connectivity index (χ4v) is 9.96. The summed E-state index contributed by atoms with van der Waals surface area (Å²) in [5.41, 5.74) is 15.4. The Morgan fingerprint density at radius 2 is 0.882 bits per heavy atom. The molecule has 0 bridgehead atoms. The van der Waals surface area contributed by atoms with Gasteiger partial charge in [-0.15, -0.1) is 0 Å². The van der Waals surface area contributed by atoms with E-state index < -0.39 is 5.41 Å². The van der Waals surface area contributed by atoms with Gasteiger partial charge in [-0.25, -0.2) is 0 Å². The smallest absolute Gasteiger partial charge is 0.0622 e. The van der Waals surface area contributed by atoms with Gasteiger partial charge in [0.05, 0.1) is 5.41 Å². The molecule has 0 radical (unpaired) electrons. The molecule has 0 unspecified atom stereocenters. The van der Waals surface area contributed by atoms with E-state index in [9.17, 15) is 0 Å². The van der Waals surface area contributed by atoms with Crippen LogP contribution in [0.1, 0.15) is 22.3 Å². The van der Waals surface area contributed by atoms with Crippen molar-refractivity contribution in [1.29, 1.82) is 0 Å². The number of hydrogen-bond donors (Lipinski definition) is 0. The van der Waals surface area contributed by atoms with Gasteiger partial charge in [-0.3, -0.25) is 0 Å². The highest BCUT2D eigenvalue weighted by Crippen LogP contribution is 2.66. The van der Waals surface area contributed by atoms with E-state index >= 15 is 0 Å². The summed E-state index contributed by atoms with van der Waals surface area (Å²) in [6, 6.07) is 68.7. The van der Waals surface area contributed by atoms with E-state index in [-0.39, 0.29) is 0 Å². The molecule has 1 spiro atoms. The van der Waals surface area contributed by atoms with Gasteiger partial charge in [-0.2, -0.15) is 0 Å². The molecule has 0 aliphatic heterocycles. The summed E-state index contributed by atoms with van der Waals surface area (Å²) in [5.74, 6) is 0. The van der Waals surface area contributed by atoms with E-state index in [0.717, 1.165) is 0 Å². The lowest BCUT2D eigenvalue weighted by atomic mass is 9.68. The van der Waals surface area contributed by atoms with Crippen molar-refractivity contribution in [2.24, 2.45) is 0 Å². The monoisotopic (exact) mass is 642 g/mol. The van der Waals surface area contributed by atoms with Crippen LogP contribution in [0.25, 0.3) is 87.6 Å². The van der Waals surface area contributed by atoms with Crippen LogP contribution >= 0.6 is 0 Å². The van der Waals surface area contributed by atoms with Crippen molar-refractivity contribution in [2.45, 2.75) is 5.41 Å². The summed E-state index contributed by atoms with van der Waals surface area (Å²) in [6.45, 7) is 0. The lowest BCUT2D eigenvalue weighted by Crippen LogP contribution is -2.26. The second kappa shape index (κ2) is 9.81. The molecular formula is C51H30. The van der Waals surface area contributed by atoms with Crippen LogP contribution in [-0.4, -0.2) is 0 Å². The van der Waals surface area contributed by atoms with E-state index in [1.54, 1.807) is 0 Å². The Morgan fingerprint density at radius 3 is 1.61 bits per heavy atom. The second-order valence-corrected chi connectivity index (χ2v) is 14.4. The van der Waals surface area contributed by atoms with Crippen molar-refractivity contribution < 1.29 is 0 Å². The van der Waals surface area contributed by atoms with Crippen molar-refractivity contribution in [1.82, 2.24) is 0 Å². The SMILES string of the molecule is c1ccc(-c2cc3ccccc3c3c2C2(c4ccccc4-c4ccccc42)c2cc(-c4cc5ccc6cccc7ccc(c4)c5c67)ccc2-3)cc1. The zero-order chi connectivity index (χ0) is 33.3. The van der Waals surface area contributed by atoms with Gasteiger partial charge >= 0.3 is 0 Å². The van der Waals surface area contributed by atoms with E-state index in [4.69, 9.17) is 0 Å². The maximum Gasteiger partial charge on any atom is 0.0731 e. The average molecular weight is 643 g/mol. The minimum atomic E-state index is -0.473. The van der Waals surface area contributed by atoms with Crippen LogP contribution in [0.5, 0.6) is 0 Å². The predicted octanol–water partition coefficient (Wildman–Crippen LogP) is 13.4. The van der Waals surface area contributed by atoms with Crippen LogP contribution in [0.3, 0.4) is 0 Å². The first-order chi connectivity index (χ1) is 25.3. The Labute approximate surface area is 296 Å². The van der Waals surface area contributed by atoms with Crippen LogP contribution in [-0.2, 0) is 5.41 Å². The minimum Gasteiger partial charge on any atom is -0.0622 e. The highest BCUT2D eigenvalue weighted by Gasteiger charge is 2.53. The summed E-state index contributed by atoms with van der Waals surface area (Å²) < 4.78 is 0. The van der Waals surface area contributed by atoms with Crippen LogP contribution < -0.4 is 0 Å². The Kier molecular flexibility index (Phi) is 5.26. The average Bonchev–Trinajstić information content (AvgIpc) is 3.67. The molecule has 0 atom stereocenters. The molecule has 0 nitrogen and oxygen atoms in total. The lowest BCUT2D eigenvalue weighted by molar-refractivity contribution is 0.796. The molecule has 0 amide bonds. The number of rotatable bonds is 2. The zero-order valence-corrected chi connectivity index (χ0v) is 27.8. The fourth-order valence-electron chi connectivity index (χ4n) is 9.96. The molecule has 10 aromatic rings. The molecule has 0 aromatic heterocycles. The highest BCUT2D eigenvalue weighted by molar-refractivity contribution is 6.23. The first kappa shape index (κ1) is 27.3. The summed E-state index contributed by atoms with van der Waals surface area (Å²) in [4.78, 5) is 0. The van der Waals surface area contributed by atoms with Crippen LogP contribution in [0.4, 0.5) is 0 Å². The normalized spacial score (nSPS) is 13.6. The Balaban J connectivity index is 1.22. The largest absolute Gasteiger partial charge is 0.0731 e. The third kappa shape index (κ3) is 3.44. The van der Waals surface area contributed by atoms with Crippen molar-refractivity contribution in [3.8, 4) is 44.5 Å². The van der Waals surface area contributed by atoms with Crippen LogP contribution in [0.15, 0.2) is 182 Å². The zero-order valence-electron chi connectivity index (χ0n) is 27.8. The molecule has 0 heterocycles. The summed E-state index contributed by atoms with van der Waals surface area (Å²) in [6.07, 6.45) is 0. The molecule has 0 N–H and O–H groups in total. The quantitative estimate of drug-likeness (QED) is 0.165. The fraction of sp³-hybridized carbons (Fsp3) is 0.0196. The van der Waals surface area contributed by atoms with Gasteiger partial charge in [0.25, 0.3) is 0 Å². The minimum absolute atomic E-state index is 0.473. The van der Waals surface area contributed by atoms with Gasteiger partial charge in [-0.05, 0) is 134 Å². The maximum absolute atomic E-state index is 2.53. The van der Waals surface area contributed by atoms with Gasteiger partial charge in [-0.1, -0.05) is 158 Å². The van der Waals surface area contributed by atoms with Gasteiger partial charge in [0.1, 0.15) is 0 Å². The molecule has 0 saturated carbocycles. The lowest BCUT2D eigenvalue weighted by Gasteiger charge is -2.32. The van der Waals surface area contributed by atoms with E-state index in [1.165, 1.54) is 110 Å². The standard InChI is InChI=1S/C51H30/c1-2-11-31(12-3-1)43-29-35-13-4-5-16-39(35)49-42-26-25-34(38-27-36-23-21-32-14-10-15-33-22-24-37(28-38)48(36)47(32)33)30-46(42)51(50(43)49)44-19-8-6-17-40(44)41-18-7-9-20-45(41)51/h1-30H. The van der Waals surface area contributed by atoms with Crippen molar-refractivity contribution in [3.05, 3.63) is 204 Å². The Hall–Kier alpha value is -6.50. The Morgan fingerprint density at radius 1 is 0.294 bits per heavy atom. The van der Waals surface area contributed by atoms with Gasteiger partial charge in [0.2, 0.25) is 0 Å². The number of benzene rings is 10. The van der Waals surface area contributed by atoms with Crippen LogP contribution in [0.2, 0.25) is 0 Å². The van der Waals surface area contributed by atoms with Gasteiger partial charge in [0, 0.05) is 0 Å². The highest BCUT2D eigenvalue weighted by atomic mass is 14.5. The molecule has 2 aliphatic carbocycles. The second-order valence-electron chi connectivity index (χ2n) is 14.4. The van der Waals surface area contributed by atoms with Gasteiger partial charge < -0.3 is 0 Å². The van der Waals surface area contributed by atoms with Crippen LogP contribution in [0, 0.1) is 0 Å². The Bertz CT molecular complexity index is 2960. The number of hydrogen-bond acceptors (Lipinski definition) is 0. The molecule has 0 heteroatoms. The van der Waals surface area contributed by atoms with E-state index in [1.807, 2.05) is 0 Å². The molecule has 51 heavy (non-hydrogen) atoms. The third-order valence-corrected chi connectivity index (χ3v) is 12.0.